The summed E-state index contributed by atoms with van der Waals surface area (Å²) < 4.78 is 0. The van der Waals surface area contributed by atoms with E-state index in [1.165, 1.54) is 0 Å². The first-order valence-electron chi connectivity index (χ1n) is 7.52. The van der Waals surface area contributed by atoms with Gasteiger partial charge in [0.2, 0.25) is 0 Å². The molecule has 3 nitrogen and oxygen atoms in total. The van der Waals surface area contributed by atoms with Crippen molar-refractivity contribution in [2.24, 2.45) is 4.99 Å². The first kappa shape index (κ1) is 15.0. The molecule has 0 aliphatic carbocycles. The lowest BCUT2D eigenvalue weighted by Crippen LogP contribution is -1.96. The van der Waals surface area contributed by atoms with Crippen LogP contribution in [0.2, 0.25) is 0 Å². The lowest BCUT2D eigenvalue weighted by atomic mass is 10.0. The maximum Gasteiger partial charge on any atom is 0.115 e. The van der Waals surface area contributed by atoms with E-state index in [2.05, 4.69) is 28.2 Å². The Labute approximate surface area is 136 Å². The van der Waals surface area contributed by atoms with Crippen molar-refractivity contribution >= 4 is 5.71 Å². The summed E-state index contributed by atoms with van der Waals surface area (Å²) in [4.78, 5) is 8.76. The third kappa shape index (κ3) is 3.83. The van der Waals surface area contributed by atoms with Crippen LogP contribution in [0.5, 0.6) is 5.75 Å². The highest BCUT2D eigenvalue weighted by Crippen LogP contribution is 2.23. The number of phenols is 1. The van der Waals surface area contributed by atoms with Gasteiger partial charge in [-0.25, -0.2) is 0 Å². The smallest absolute Gasteiger partial charge is 0.115 e. The molecule has 1 aromatic heterocycles. The van der Waals surface area contributed by atoms with Crippen LogP contribution in [0, 0.1) is 0 Å². The van der Waals surface area contributed by atoms with Crippen molar-refractivity contribution in [2.75, 3.05) is 0 Å². The fourth-order valence-electron chi connectivity index (χ4n) is 2.37. The number of aromatic nitrogens is 1. The second-order valence-corrected chi connectivity index (χ2v) is 5.39. The number of hydrogen-bond acceptors (Lipinski definition) is 3. The summed E-state index contributed by atoms with van der Waals surface area (Å²) in [5.74, 6) is 0.277. The molecule has 0 atom stereocenters. The van der Waals surface area contributed by atoms with Gasteiger partial charge in [-0.2, -0.15) is 0 Å². The van der Waals surface area contributed by atoms with E-state index in [-0.39, 0.29) is 5.75 Å². The summed E-state index contributed by atoms with van der Waals surface area (Å²) in [5, 5.41) is 9.40. The predicted octanol–water partition coefficient (Wildman–Crippen LogP) is 4.46. The molecule has 0 amide bonds. The van der Waals surface area contributed by atoms with E-state index < -0.39 is 0 Å². The molecule has 1 heterocycles. The second kappa shape index (κ2) is 6.88. The van der Waals surface area contributed by atoms with Gasteiger partial charge in [-0.1, -0.05) is 36.4 Å². The Morgan fingerprint density at radius 3 is 2.57 bits per heavy atom. The Balaban J connectivity index is 1.82. The van der Waals surface area contributed by atoms with E-state index in [0.717, 1.165) is 28.0 Å². The van der Waals surface area contributed by atoms with Crippen LogP contribution in [0.3, 0.4) is 0 Å². The summed E-state index contributed by atoms with van der Waals surface area (Å²) >= 11 is 0. The number of phenolic OH excluding ortho intramolecular Hbond substituents is 1. The van der Waals surface area contributed by atoms with Crippen LogP contribution in [0.1, 0.15) is 18.1 Å². The fraction of sp³-hybridized carbons (Fsp3) is 0.100. The van der Waals surface area contributed by atoms with Gasteiger partial charge in [0.15, 0.2) is 0 Å². The van der Waals surface area contributed by atoms with Crippen LogP contribution in [-0.2, 0) is 6.54 Å². The molecule has 1 N–H and O–H groups in total. The van der Waals surface area contributed by atoms with Crippen molar-refractivity contribution in [3.63, 3.8) is 0 Å². The number of aliphatic imine (C=N–C) groups is 1. The number of nitrogens with zero attached hydrogens (tertiary/aromatic N) is 2. The van der Waals surface area contributed by atoms with Crippen LogP contribution in [0.15, 0.2) is 78.0 Å². The summed E-state index contributed by atoms with van der Waals surface area (Å²) in [7, 11) is 0. The zero-order valence-corrected chi connectivity index (χ0v) is 13.0. The van der Waals surface area contributed by atoms with E-state index in [1.54, 1.807) is 18.3 Å². The number of aromatic hydroxyl groups is 1. The van der Waals surface area contributed by atoms with Crippen molar-refractivity contribution in [3.05, 3.63) is 84.2 Å². The van der Waals surface area contributed by atoms with E-state index in [9.17, 15) is 5.11 Å². The van der Waals surface area contributed by atoms with Gasteiger partial charge in [0.25, 0.3) is 0 Å². The quantitative estimate of drug-likeness (QED) is 0.723. The molecule has 0 aliphatic heterocycles. The number of rotatable bonds is 4. The Kier molecular flexibility index (Phi) is 4.48. The third-order valence-corrected chi connectivity index (χ3v) is 3.70. The van der Waals surface area contributed by atoms with Crippen LogP contribution < -0.4 is 0 Å². The van der Waals surface area contributed by atoms with E-state index in [1.807, 2.05) is 43.5 Å². The van der Waals surface area contributed by atoms with Gasteiger partial charge >= 0.3 is 0 Å². The SMILES string of the molecule is CC(=NCc1cccnc1)c1cccc(-c2ccc(O)cc2)c1. The van der Waals surface area contributed by atoms with E-state index in [4.69, 9.17) is 0 Å². The highest BCUT2D eigenvalue weighted by Gasteiger charge is 2.02. The Bertz CT molecular complexity index is 809. The zero-order chi connectivity index (χ0) is 16.1. The van der Waals surface area contributed by atoms with Crippen molar-refractivity contribution in [1.29, 1.82) is 0 Å². The van der Waals surface area contributed by atoms with Gasteiger partial charge in [-0.05, 0) is 53.4 Å². The third-order valence-electron chi connectivity index (χ3n) is 3.70. The topological polar surface area (TPSA) is 45.5 Å². The molecule has 3 rings (SSSR count). The van der Waals surface area contributed by atoms with Crippen molar-refractivity contribution in [2.45, 2.75) is 13.5 Å². The largest absolute Gasteiger partial charge is 0.508 e. The highest BCUT2D eigenvalue weighted by atomic mass is 16.3. The minimum Gasteiger partial charge on any atom is -0.508 e. The van der Waals surface area contributed by atoms with Gasteiger partial charge in [-0.15, -0.1) is 0 Å². The fourth-order valence-corrected chi connectivity index (χ4v) is 2.37. The molecule has 0 fully saturated rings. The molecule has 3 aromatic rings. The molecule has 0 spiro atoms. The molecule has 23 heavy (non-hydrogen) atoms. The van der Waals surface area contributed by atoms with Gasteiger partial charge in [0.1, 0.15) is 5.75 Å². The zero-order valence-electron chi connectivity index (χ0n) is 13.0. The standard InChI is InChI=1S/C20H18N2O/c1-15(22-14-16-4-3-11-21-13-16)18-5-2-6-19(12-18)17-7-9-20(23)10-8-17/h2-13,23H,14H2,1H3. The van der Waals surface area contributed by atoms with Gasteiger partial charge in [-0.3, -0.25) is 9.98 Å². The molecule has 114 valence electrons. The van der Waals surface area contributed by atoms with Gasteiger partial charge in [0, 0.05) is 18.1 Å². The van der Waals surface area contributed by atoms with E-state index in [0.29, 0.717) is 6.54 Å². The lowest BCUT2D eigenvalue weighted by molar-refractivity contribution is 0.475. The van der Waals surface area contributed by atoms with Crippen LogP contribution >= 0.6 is 0 Å². The normalized spacial score (nSPS) is 11.4. The van der Waals surface area contributed by atoms with Crippen LogP contribution in [0.25, 0.3) is 11.1 Å². The molecule has 3 heteroatoms. The van der Waals surface area contributed by atoms with Crippen LogP contribution in [0.4, 0.5) is 0 Å². The highest BCUT2D eigenvalue weighted by molar-refractivity contribution is 5.99. The molecule has 0 radical (unpaired) electrons. The minimum atomic E-state index is 0.277. The molecular weight excluding hydrogens is 284 g/mol. The summed E-state index contributed by atoms with van der Waals surface area (Å²) in [6, 6.07) is 19.4. The summed E-state index contributed by atoms with van der Waals surface area (Å²) in [5.41, 5.74) is 5.37. The molecule has 0 aliphatic rings. The number of pyridine rings is 1. The Morgan fingerprint density at radius 2 is 1.83 bits per heavy atom. The average Bonchev–Trinajstić information content (AvgIpc) is 2.61. The van der Waals surface area contributed by atoms with Crippen LogP contribution in [-0.4, -0.2) is 15.8 Å². The maximum absolute atomic E-state index is 9.40. The molecule has 0 unspecified atom stereocenters. The predicted molar refractivity (Wildman–Crippen MR) is 93.7 cm³/mol. The molecule has 2 aromatic carbocycles. The summed E-state index contributed by atoms with van der Waals surface area (Å²) in [6.07, 6.45) is 3.60. The van der Waals surface area contributed by atoms with Crippen molar-refractivity contribution in [3.8, 4) is 16.9 Å². The summed E-state index contributed by atoms with van der Waals surface area (Å²) in [6.45, 7) is 2.65. The average molecular weight is 302 g/mol. The molecule has 0 saturated carbocycles. The lowest BCUT2D eigenvalue weighted by Gasteiger charge is -2.06. The first-order valence-corrected chi connectivity index (χ1v) is 7.52. The molecular formula is C20H18N2O. The van der Waals surface area contributed by atoms with Crippen molar-refractivity contribution < 1.29 is 5.11 Å². The Morgan fingerprint density at radius 1 is 1.00 bits per heavy atom. The first-order chi connectivity index (χ1) is 11.2. The number of hydrogen-bond donors (Lipinski definition) is 1. The minimum absolute atomic E-state index is 0.277. The van der Waals surface area contributed by atoms with E-state index >= 15 is 0 Å². The van der Waals surface area contributed by atoms with Gasteiger partial charge in [0.05, 0.1) is 6.54 Å². The molecule has 0 bridgehead atoms. The maximum atomic E-state index is 9.40. The molecule has 0 saturated heterocycles. The van der Waals surface area contributed by atoms with Gasteiger partial charge < -0.3 is 5.11 Å². The monoisotopic (exact) mass is 302 g/mol. The second-order valence-electron chi connectivity index (χ2n) is 5.39. The van der Waals surface area contributed by atoms with Crippen molar-refractivity contribution in [1.82, 2.24) is 4.98 Å². The Hall–Kier alpha value is -2.94. The number of benzene rings is 2.